The summed E-state index contributed by atoms with van der Waals surface area (Å²) in [6.45, 7) is 0. The van der Waals surface area contributed by atoms with Crippen LogP contribution in [0.1, 0.15) is 50.2 Å². The maximum absolute atomic E-state index is 6.72. The summed E-state index contributed by atoms with van der Waals surface area (Å²) >= 11 is -2.48. The van der Waals surface area contributed by atoms with Gasteiger partial charge in [-0.15, -0.1) is 0 Å². The van der Waals surface area contributed by atoms with Gasteiger partial charge >= 0.3 is 183 Å². The van der Waals surface area contributed by atoms with Gasteiger partial charge in [0.15, 0.2) is 0 Å². The second-order valence-corrected chi connectivity index (χ2v) is 16.8. The zero-order chi connectivity index (χ0) is 19.1. The quantitative estimate of drug-likeness (QED) is 0.272. The third-order valence-corrected chi connectivity index (χ3v) is 12.1. The van der Waals surface area contributed by atoms with Crippen LogP contribution >= 0.6 is 17.0 Å². The van der Waals surface area contributed by atoms with Crippen molar-refractivity contribution in [1.82, 2.24) is 0 Å². The Balaban J connectivity index is 1.43. The molecule has 3 aromatic carbocycles. The molecule has 0 aromatic heterocycles. The van der Waals surface area contributed by atoms with Gasteiger partial charge in [0.1, 0.15) is 0 Å². The number of fused-ring (bicyclic) bond motifs is 4. The Labute approximate surface area is 182 Å². The molecule has 0 saturated carbocycles. The van der Waals surface area contributed by atoms with Crippen molar-refractivity contribution in [2.45, 2.75) is 28.8 Å². The molecular formula is C25H21Cl2Zr. The Morgan fingerprint density at radius 1 is 0.893 bits per heavy atom. The van der Waals surface area contributed by atoms with Crippen molar-refractivity contribution in [3.63, 3.8) is 0 Å². The van der Waals surface area contributed by atoms with Crippen LogP contribution in [0, 0.1) is 0 Å². The summed E-state index contributed by atoms with van der Waals surface area (Å²) in [4.78, 5) is 0. The molecule has 0 radical (unpaired) electrons. The van der Waals surface area contributed by atoms with Gasteiger partial charge in [0.25, 0.3) is 0 Å². The SMILES string of the molecule is [Cl][Zr]([Cl])[CH](CCC1C=Cc2ccccc21)c1cccc2c1Cc1ccccc1-2. The number of rotatable bonds is 5. The maximum atomic E-state index is 6.72. The van der Waals surface area contributed by atoms with Crippen LogP contribution in [0.4, 0.5) is 0 Å². The van der Waals surface area contributed by atoms with Crippen LogP contribution in [0.25, 0.3) is 17.2 Å². The molecule has 2 aliphatic rings. The first-order valence-corrected chi connectivity index (χ1v) is 17.6. The van der Waals surface area contributed by atoms with E-state index in [1.165, 1.54) is 38.9 Å². The third kappa shape index (κ3) is 3.37. The Bertz CT molecular complexity index is 1050. The average molecular weight is 484 g/mol. The predicted octanol–water partition coefficient (Wildman–Crippen LogP) is 7.82. The van der Waals surface area contributed by atoms with E-state index in [9.17, 15) is 0 Å². The van der Waals surface area contributed by atoms with Crippen molar-refractivity contribution < 1.29 is 19.4 Å². The number of hydrogen-bond donors (Lipinski definition) is 0. The van der Waals surface area contributed by atoms with Gasteiger partial charge in [0.05, 0.1) is 0 Å². The van der Waals surface area contributed by atoms with E-state index in [1.54, 1.807) is 0 Å². The van der Waals surface area contributed by atoms with E-state index in [0.29, 0.717) is 9.54 Å². The van der Waals surface area contributed by atoms with Crippen LogP contribution in [-0.2, 0) is 25.8 Å². The molecule has 0 nitrogen and oxygen atoms in total. The fraction of sp³-hybridized carbons (Fsp3) is 0.200. The van der Waals surface area contributed by atoms with Crippen LogP contribution in [0.3, 0.4) is 0 Å². The summed E-state index contributed by atoms with van der Waals surface area (Å²) in [5.74, 6) is 0.490. The molecule has 28 heavy (non-hydrogen) atoms. The van der Waals surface area contributed by atoms with E-state index in [-0.39, 0.29) is 0 Å². The Morgan fingerprint density at radius 2 is 1.68 bits per heavy atom. The molecule has 0 spiro atoms. The molecule has 2 unspecified atom stereocenters. The van der Waals surface area contributed by atoms with E-state index >= 15 is 0 Å². The normalized spacial score (nSPS) is 17.1. The number of halogens is 2. The Hall–Kier alpha value is -1.14. The van der Waals surface area contributed by atoms with Crippen LogP contribution in [0.15, 0.2) is 72.8 Å². The van der Waals surface area contributed by atoms with Gasteiger partial charge in [-0.2, -0.15) is 0 Å². The van der Waals surface area contributed by atoms with E-state index in [4.69, 9.17) is 17.0 Å². The second kappa shape index (κ2) is 7.94. The van der Waals surface area contributed by atoms with Gasteiger partial charge in [-0.3, -0.25) is 0 Å². The van der Waals surface area contributed by atoms with Gasteiger partial charge in [0, 0.05) is 0 Å². The standard InChI is InChI=1S/C25H21.2ClH.Zr/c1-3-12-22-19(7-1)15-16-20(22)10-5-9-18-11-6-14-24-23-13-4-2-8-21(23)17-25(18)24;;;/h1-4,6-9,11-16,20H,5,10,17H2;2*1H;/q;;;+2/p-2. The topological polar surface area (TPSA) is 0 Å². The zero-order valence-corrected chi connectivity index (χ0v) is 19.5. The first kappa shape index (κ1) is 18.9. The van der Waals surface area contributed by atoms with Crippen LogP contribution < -0.4 is 0 Å². The molecule has 0 N–H and O–H groups in total. The number of allylic oxidation sites excluding steroid dienone is 1. The summed E-state index contributed by atoms with van der Waals surface area (Å²) in [7, 11) is 13.4. The van der Waals surface area contributed by atoms with Gasteiger partial charge in [-0.1, -0.05) is 0 Å². The van der Waals surface area contributed by atoms with Gasteiger partial charge in [-0.25, -0.2) is 0 Å². The summed E-state index contributed by atoms with van der Waals surface area (Å²) < 4.78 is 0.344. The summed E-state index contributed by atoms with van der Waals surface area (Å²) in [5.41, 5.74) is 9.84. The second-order valence-electron chi connectivity index (χ2n) is 7.72. The van der Waals surface area contributed by atoms with Crippen molar-refractivity contribution in [2.24, 2.45) is 0 Å². The molecule has 0 aliphatic heterocycles. The molecule has 0 amide bonds. The van der Waals surface area contributed by atoms with Gasteiger partial charge < -0.3 is 0 Å². The minimum atomic E-state index is -2.48. The van der Waals surface area contributed by atoms with Crippen molar-refractivity contribution in [3.05, 3.63) is 101 Å². The van der Waals surface area contributed by atoms with E-state index < -0.39 is 19.4 Å². The van der Waals surface area contributed by atoms with E-state index in [1.807, 2.05) is 0 Å². The molecule has 2 aliphatic carbocycles. The minimum absolute atomic E-state index is 0.344. The molecule has 5 rings (SSSR count). The van der Waals surface area contributed by atoms with Crippen molar-refractivity contribution in [1.29, 1.82) is 0 Å². The first-order valence-electron chi connectivity index (χ1n) is 9.87. The molecule has 3 heteroatoms. The van der Waals surface area contributed by atoms with Crippen molar-refractivity contribution in [2.75, 3.05) is 0 Å². The molecule has 0 bridgehead atoms. The molecule has 3 aromatic rings. The third-order valence-electron chi connectivity index (χ3n) is 6.20. The fourth-order valence-electron chi connectivity index (χ4n) is 4.81. The molecule has 0 heterocycles. The summed E-state index contributed by atoms with van der Waals surface area (Å²) in [5, 5.41) is 0. The van der Waals surface area contributed by atoms with Gasteiger partial charge in [-0.05, 0) is 0 Å². The number of benzene rings is 3. The molecule has 2 atom stereocenters. The summed E-state index contributed by atoms with van der Waals surface area (Å²) in [6.07, 6.45) is 7.79. The molecule has 0 saturated heterocycles. The van der Waals surface area contributed by atoms with Crippen LogP contribution in [0.5, 0.6) is 0 Å². The zero-order valence-electron chi connectivity index (χ0n) is 15.5. The van der Waals surface area contributed by atoms with E-state index in [0.717, 1.165) is 19.3 Å². The molecular weight excluding hydrogens is 462 g/mol. The predicted molar refractivity (Wildman–Crippen MR) is 117 cm³/mol. The fourth-order valence-corrected chi connectivity index (χ4v) is 9.68. The number of hydrogen-bond acceptors (Lipinski definition) is 0. The van der Waals surface area contributed by atoms with Crippen molar-refractivity contribution in [3.8, 4) is 11.1 Å². The average Bonchev–Trinajstić information content (AvgIpc) is 3.30. The monoisotopic (exact) mass is 481 g/mol. The van der Waals surface area contributed by atoms with Crippen LogP contribution in [-0.4, -0.2) is 0 Å². The first-order chi connectivity index (χ1) is 13.7. The Morgan fingerprint density at radius 3 is 2.57 bits per heavy atom. The molecule has 0 fully saturated rings. The molecule has 139 valence electrons. The van der Waals surface area contributed by atoms with Gasteiger partial charge in [0.2, 0.25) is 0 Å². The van der Waals surface area contributed by atoms with E-state index in [2.05, 4.69) is 78.9 Å². The summed E-state index contributed by atoms with van der Waals surface area (Å²) in [6, 6.07) is 24.2. The van der Waals surface area contributed by atoms with Crippen LogP contribution in [0.2, 0.25) is 0 Å². The Kier molecular flexibility index (Phi) is 5.35. The van der Waals surface area contributed by atoms with Crippen molar-refractivity contribution >= 4 is 23.1 Å².